The molecule has 7 heteroatoms. The van der Waals surface area contributed by atoms with Gasteiger partial charge in [-0.15, -0.1) is 11.3 Å². The first-order chi connectivity index (χ1) is 11.7. The van der Waals surface area contributed by atoms with Gasteiger partial charge in [-0.05, 0) is 38.8 Å². The van der Waals surface area contributed by atoms with Gasteiger partial charge < -0.3 is 15.1 Å². The van der Waals surface area contributed by atoms with Crippen molar-refractivity contribution in [1.82, 2.24) is 15.1 Å². The van der Waals surface area contributed by atoms with Crippen molar-refractivity contribution in [3.05, 3.63) is 21.4 Å². The Hall–Kier alpha value is -1.89. The van der Waals surface area contributed by atoms with Gasteiger partial charge in [0.2, 0.25) is 11.8 Å². The number of likely N-dealkylation sites (tertiary alicyclic amines) is 1. The molecule has 136 valence electrons. The maximum Gasteiger partial charge on any atom is 0.261 e. The van der Waals surface area contributed by atoms with Gasteiger partial charge in [-0.2, -0.15) is 0 Å². The molecule has 0 aliphatic carbocycles. The number of nitrogens with zero attached hydrogens (tertiary/aromatic N) is 2. The average molecular weight is 363 g/mol. The summed E-state index contributed by atoms with van der Waals surface area (Å²) in [5.74, 6) is -0.232. The van der Waals surface area contributed by atoms with Crippen LogP contribution in [0.15, 0.2) is 6.07 Å². The van der Waals surface area contributed by atoms with Crippen molar-refractivity contribution in [2.75, 3.05) is 20.1 Å². The molecule has 1 aromatic heterocycles. The van der Waals surface area contributed by atoms with E-state index in [1.807, 2.05) is 31.7 Å². The van der Waals surface area contributed by atoms with Gasteiger partial charge in [-0.25, -0.2) is 0 Å². The molecule has 0 aromatic carbocycles. The van der Waals surface area contributed by atoms with E-state index in [0.29, 0.717) is 30.9 Å². The largest absolute Gasteiger partial charge is 0.354 e. The summed E-state index contributed by atoms with van der Waals surface area (Å²) in [6.45, 7) is 7.67. The van der Waals surface area contributed by atoms with E-state index in [4.69, 9.17) is 0 Å². The van der Waals surface area contributed by atoms with E-state index < -0.39 is 0 Å². The van der Waals surface area contributed by atoms with E-state index in [2.05, 4.69) is 5.32 Å². The third-order valence-electron chi connectivity index (χ3n) is 4.91. The minimum atomic E-state index is -0.259. The molecule has 0 saturated carbocycles. The number of thiophene rings is 1. The fourth-order valence-corrected chi connectivity index (χ4v) is 4.64. The Kier molecular flexibility index (Phi) is 4.62. The van der Waals surface area contributed by atoms with Crippen molar-refractivity contribution in [1.29, 1.82) is 0 Å². The van der Waals surface area contributed by atoms with Crippen LogP contribution in [-0.2, 0) is 22.6 Å². The van der Waals surface area contributed by atoms with Crippen molar-refractivity contribution < 1.29 is 14.4 Å². The highest BCUT2D eigenvalue weighted by molar-refractivity contribution is 7.14. The van der Waals surface area contributed by atoms with E-state index in [-0.39, 0.29) is 29.2 Å². The molecule has 0 radical (unpaired) electrons. The number of rotatable bonds is 2. The van der Waals surface area contributed by atoms with Gasteiger partial charge in [0.05, 0.1) is 10.8 Å². The third-order valence-corrected chi connectivity index (χ3v) is 6.15. The molecule has 0 spiro atoms. The molecule has 0 bridgehead atoms. The van der Waals surface area contributed by atoms with Crippen LogP contribution in [0.4, 0.5) is 0 Å². The molecule has 3 amide bonds. The van der Waals surface area contributed by atoms with E-state index in [1.165, 1.54) is 16.2 Å². The van der Waals surface area contributed by atoms with E-state index in [9.17, 15) is 14.4 Å². The number of amides is 3. The molecule has 6 nitrogen and oxygen atoms in total. The van der Waals surface area contributed by atoms with E-state index in [0.717, 1.165) is 12.0 Å². The second-order valence-electron chi connectivity index (χ2n) is 7.72. The summed E-state index contributed by atoms with van der Waals surface area (Å²) >= 11 is 1.51. The average Bonchev–Trinajstić information content (AvgIpc) is 3.15. The van der Waals surface area contributed by atoms with Crippen molar-refractivity contribution >= 4 is 29.1 Å². The summed E-state index contributed by atoms with van der Waals surface area (Å²) in [6.07, 6.45) is 1.07. The topological polar surface area (TPSA) is 69.7 Å². The smallest absolute Gasteiger partial charge is 0.261 e. The molecular formula is C18H25N3O3S. The maximum absolute atomic E-state index is 12.9. The van der Waals surface area contributed by atoms with Crippen LogP contribution in [0.5, 0.6) is 0 Å². The lowest BCUT2D eigenvalue weighted by molar-refractivity contribution is -0.136. The first-order valence-electron chi connectivity index (χ1n) is 8.63. The Bertz CT molecular complexity index is 720. The molecular weight excluding hydrogens is 338 g/mol. The first kappa shape index (κ1) is 17.9. The summed E-state index contributed by atoms with van der Waals surface area (Å²) in [7, 11) is 1.62. The molecule has 0 unspecified atom stereocenters. The lowest BCUT2D eigenvalue weighted by Gasteiger charge is -2.33. The Balaban J connectivity index is 1.70. The SMILES string of the molecule is CNC(=O)c1cc2c(s1)CCN(C(=O)[C@@H]1CC(=O)N(C(C)(C)C)C1)C2. The third kappa shape index (κ3) is 3.42. The predicted octanol–water partition coefficient (Wildman–Crippen LogP) is 1.64. The summed E-state index contributed by atoms with van der Waals surface area (Å²) < 4.78 is 0. The van der Waals surface area contributed by atoms with Crippen molar-refractivity contribution in [3.8, 4) is 0 Å². The summed E-state index contributed by atoms with van der Waals surface area (Å²) in [5.41, 5.74) is 0.803. The Morgan fingerprint density at radius 2 is 2.04 bits per heavy atom. The van der Waals surface area contributed by atoms with Gasteiger partial charge in [0, 0.05) is 43.5 Å². The highest BCUT2D eigenvalue weighted by atomic mass is 32.1. The number of carbonyl (C=O) groups excluding carboxylic acids is 3. The first-order valence-corrected chi connectivity index (χ1v) is 9.45. The molecule has 1 aromatic rings. The fourth-order valence-electron chi connectivity index (χ4n) is 3.54. The zero-order valence-corrected chi connectivity index (χ0v) is 16.0. The van der Waals surface area contributed by atoms with Crippen LogP contribution in [-0.4, -0.2) is 53.2 Å². The fraction of sp³-hybridized carbons (Fsp3) is 0.611. The van der Waals surface area contributed by atoms with Gasteiger partial charge in [0.25, 0.3) is 5.91 Å². The predicted molar refractivity (Wildman–Crippen MR) is 96.4 cm³/mol. The van der Waals surface area contributed by atoms with Gasteiger partial charge in [-0.3, -0.25) is 14.4 Å². The summed E-state index contributed by atoms with van der Waals surface area (Å²) in [5, 5.41) is 2.64. The van der Waals surface area contributed by atoms with Gasteiger partial charge in [-0.1, -0.05) is 0 Å². The highest BCUT2D eigenvalue weighted by Gasteiger charge is 2.41. The quantitative estimate of drug-likeness (QED) is 0.868. The Morgan fingerprint density at radius 3 is 2.64 bits per heavy atom. The van der Waals surface area contributed by atoms with Crippen molar-refractivity contribution in [2.45, 2.75) is 45.7 Å². The Labute approximate surface area is 152 Å². The number of hydrogen-bond acceptors (Lipinski definition) is 4. The van der Waals surface area contributed by atoms with Gasteiger partial charge in [0.15, 0.2) is 0 Å². The van der Waals surface area contributed by atoms with Crippen molar-refractivity contribution in [3.63, 3.8) is 0 Å². The van der Waals surface area contributed by atoms with Crippen LogP contribution in [0.3, 0.4) is 0 Å². The molecule has 2 aliphatic rings. The maximum atomic E-state index is 12.9. The molecule has 1 atom stereocenters. The van der Waals surface area contributed by atoms with Gasteiger partial charge in [0.1, 0.15) is 0 Å². The summed E-state index contributed by atoms with van der Waals surface area (Å²) in [4.78, 5) is 42.5. The van der Waals surface area contributed by atoms with Gasteiger partial charge >= 0.3 is 0 Å². The molecule has 1 saturated heterocycles. The second-order valence-corrected chi connectivity index (χ2v) is 8.86. The van der Waals surface area contributed by atoms with E-state index in [1.54, 1.807) is 11.9 Å². The monoisotopic (exact) mass is 363 g/mol. The van der Waals surface area contributed by atoms with E-state index >= 15 is 0 Å². The Morgan fingerprint density at radius 1 is 1.32 bits per heavy atom. The van der Waals surface area contributed by atoms with Crippen LogP contribution < -0.4 is 5.32 Å². The minimum Gasteiger partial charge on any atom is -0.354 e. The highest BCUT2D eigenvalue weighted by Crippen LogP contribution is 2.31. The standard InChI is InChI=1S/C18H25N3O3S/c1-18(2,3)21-10-12(8-15(21)22)17(24)20-6-5-13-11(9-20)7-14(25-13)16(23)19-4/h7,12H,5-6,8-10H2,1-4H3,(H,19,23)/t12-/m1/s1. The lowest BCUT2D eigenvalue weighted by atomic mass is 10.0. The molecule has 1 N–H and O–H groups in total. The van der Waals surface area contributed by atoms with Crippen LogP contribution in [0, 0.1) is 5.92 Å². The van der Waals surface area contributed by atoms with Crippen LogP contribution in [0.1, 0.15) is 47.3 Å². The minimum absolute atomic E-state index is 0.0541. The number of hydrogen-bond donors (Lipinski definition) is 1. The van der Waals surface area contributed by atoms with Crippen LogP contribution in [0.25, 0.3) is 0 Å². The number of fused-ring (bicyclic) bond motifs is 1. The second kappa shape index (κ2) is 6.44. The normalized spacial score (nSPS) is 20.6. The summed E-state index contributed by atoms with van der Waals surface area (Å²) in [6, 6.07) is 1.89. The van der Waals surface area contributed by atoms with Crippen LogP contribution in [0.2, 0.25) is 0 Å². The molecule has 2 aliphatic heterocycles. The number of nitrogens with one attached hydrogen (secondary N) is 1. The van der Waals surface area contributed by atoms with Crippen molar-refractivity contribution in [2.24, 2.45) is 5.92 Å². The lowest BCUT2D eigenvalue weighted by Crippen LogP contribution is -2.44. The molecule has 3 rings (SSSR count). The molecule has 3 heterocycles. The van der Waals surface area contributed by atoms with Crippen LogP contribution >= 0.6 is 11.3 Å². The zero-order chi connectivity index (χ0) is 18.4. The molecule has 1 fully saturated rings. The zero-order valence-electron chi connectivity index (χ0n) is 15.2. The number of carbonyl (C=O) groups is 3. The molecule has 25 heavy (non-hydrogen) atoms.